The predicted octanol–water partition coefficient (Wildman–Crippen LogP) is 0.924. The lowest BCUT2D eigenvalue weighted by Crippen LogP contribution is -2.14. The van der Waals surface area contributed by atoms with Crippen molar-refractivity contribution in [3.05, 3.63) is 46.0 Å². The summed E-state index contributed by atoms with van der Waals surface area (Å²) < 4.78 is 4.83. The molecular formula is C10H9N3O3. The minimum absolute atomic E-state index is 0.257. The van der Waals surface area contributed by atoms with Crippen LogP contribution in [0.3, 0.4) is 0 Å². The number of pyridine rings is 1. The zero-order valence-corrected chi connectivity index (χ0v) is 8.48. The van der Waals surface area contributed by atoms with Crippen LogP contribution in [0.4, 0.5) is 5.88 Å². The Hall–Kier alpha value is -2.37. The molecule has 0 aliphatic rings. The maximum absolute atomic E-state index is 11.6. The third-order valence-corrected chi connectivity index (χ3v) is 1.91. The molecule has 2 aromatic heterocycles. The summed E-state index contributed by atoms with van der Waals surface area (Å²) in [7, 11) is 0. The van der Waals surface area contributed by atoms with E-state index in [1.54, 1.807) is 13.0 Å². The van der Waals surface area contributed by atoms with Crippen molar-refractivity contribution < 1.29 is 9.32 Å². The first-order valence-corrected chi connectivity index (χ1v) is 4.58. The van der Waals surface area contributed by atoms with E-state index >= 15 is 0 Å². The number of amides is 1. The normalized spacial score (nSPS) is 10.1. The van der Waals surface area contributed by atoms with Crippen molar-refractivity contribution in [1.29, 1.82) is 0 Å². The van der Waals surface area contributed by atoms with E-state index in [-0.39, 0.29) is 17.4 Å². The molecule has 0 aliphatic heterocycles. The zero-order valence-electron chi connectivity index (χ0n) is 8.48. The van der Waals surface area contributed by atoms with Crippen LogP contribution < -0.4 is 10.9 Å². The molecule has 2 heterocycles. The van der Waals surface area contributed by atoms with Crippen molar-refractivity contribution in [2.24, 2.45) is 0 Å². The number of hydrogen-bond acceptors (Lipinski definition) is 4. The summed E-state index contributed by atoms with van der Waals surface area (Å²) in [6.45, 7) is 1.75. The van der Waals surface area contributed by atoms with Crippen LogP contribution in [0.2, 0.25) is 0 Å². The third-order valence-electron chi connectivity index (χ3n) is 1.91. The van der Waals surface area contributed by atoms with Gasteiger partial charge in [0.15, 0.2) is 0 Å². The maximum atomic E-state index is 11.6. The third kappa shape index (κ3) is 2.17. The van der Waals surface area contributed by atoms with Crippen LogP contribution in [-0.4, -0.2) is 16.0 Å². The molecule has 0 fully saturated rings. The number of carbonyl (C=O) groups excluding carboxylic acids is 1. The number of aryl methyl sites for hydroxylation is 1. The molecule has 2 N–H and O–H groups in total. The van der Waals surface area contributed by atoms with Gasteiger partial charge in [0.1, 0.15) is 0 Å². The summed E-state index contributed by atoms with van der Waals surface area (Å²) in [4.78, 5) is 24.8. The average Bonchev–Trinajstić information content (AvgIpc) is 2.65. The lowest BCUT2D eigenvalue weighted by Gasteiger charge is -1.99. The van der Waals surface area contributed by atoms with E-state index in [9.17, 15) is 9.59 Å². The van der Waals surface area contributed by atoms with Gasteiger partial charge in [-0.1, -0.05) is 5.16 Å². The predicted molar refractivity (Wildman–Crippen MR) is 56.3 cm³/mol. The first-order chi connectivity index (χ1) is 7.65. The number of aromatic amines is 1. The monoisotopic (exact) mass is 219 g/mol. The van der Waals surface area contributed by atoms with Crippen LogP contribution in [0, 0.1) is 6.92 Å². The summed E-state index contributed by atoms with van der Waals surface area (Å²) in [5.74, 6) is -0.0962. The van der Waals surface area contributed by atoms with Gasteiger partial charge in [0.05, 0.1) is 11.3 Å². The molecule has 2 rings (SSSR count). The largest absolute Gasteiger partial charge is 0.338 e. The van der Waals surface area contributed by atoms with Crippen molar-refractivity contribution >= 4 is 11.8 Å². The molecule has 0 radical (unpaired) electrons. The summed E-state index contributed by atoms with van der Waals surface area (Å²) in [5.41, 5.74) is 0.762. The van der Waals surface area contributed by atoms with Gasteiger partial charge in [-0.05, 0) is 13.0 Å². The fourth-order valence-corrected chi connectivity index (χ4v) is 1.16. The molecule has 6 nitrogen and oxygen atoms in total. The van der Waals surface area contributed by atoms with E-state index in [1.165, 1.54) is 18.3 Å². The smallest absolute Gasteiger partial charge is 0.259 e. The van der Waals surface area contributed by atoms with E-state index < -0.39 is 0 Å². The molecular weight excluding hydrogens is 210 g/mol. The Morgan fingerprint density at radius 1 is 1.50 bits per heavy atom. The molecule has 0 spiro atoms. The highest BCUT2D eigenvalue weighted by Crippen LogP contribution is 2.09. The fourth-order valence-electron chi connectivity index (χ4n) is 1.16. The van der Waals surface area contributed by atoms with E-state index in [0.717, 1.165) is 0 Å². The van der Waals surface area contributed by atoms with E-state index in [0.29, 0.717) is 11.3 Å². The zero-order chi connectivity index (χ0) is 11.5. The minimum atomic E-state index is -0.368. The van der Waals surface area contributed by atoms with Crippen molar-refractivity contribution in [2.45, 2.75) is 6.92 Å². The second kappa shape index (κ2) is 4.01. The van der Waals surface area contributed by atoms with Crippen LogP contribution in [0.5, 0.6) is 0 Å². The lowest BCUT2D eigenvalue weighted by atomic mass is 10.3. The molecule has 82 valence electrons. The van der Waals surface area contributed by atoms with Crippen molar-refractivity contribution in [3.63, 3.8) is 0 Å². The first kappa shape index (κ1) is 10.2. The quantitative estimate of drug-likeness (QED) is 0.786. The van der Waals surface area contributed by atoms with Crippen molar-refractivity contribution in [2.75, 3.05) is 5.32 Å². The molecule has 0 aromatic carbocycles. The van der Waals surface area contributed by atoms with Gasteiger partial charge in [0, 0.05) is 18.3 Å². The molecule has 16 heavy (non-hydrogen) atoms. The van der Waals surface area contributed by atoms with Gasteiger partial charge in [0.2, 0.25) is 11.4 Å². The summed E-state index contributed by atoms with van der Waals surface area (Å²) in [6.07, 6.45) is 1.33. The van der Waals surface area contributed by atoms with Crippen molar-refractivity contribution in [3.8, 4) is 0 Å². The van der Waals surface area contributed by atoms with Gasteiger partial charge >= 0.3 is 0 Å². The Bertz CT molecular complexity index is 550. The SMILES string of the molecule is Cc1cc(NC(=O)c2ccc(=O)[nH]c2)on1. The minimum Gasteiger partial charge on any atom is -0.338 e. The second-order valence-electron chi connectivity index (χ2n) is 3.23. The highest BCUT2D eigenvalue weighted by atomic mass is 16.5. The van der Waals surface area contributed by atoms with E-state index in [1.807, 2.05) is 0 Å². The van der Waals surface area contributed by atoms with Crippen LogP contribution in [0.15, 0.2) is 33.7 Å². The van der Waals surface area contributed by atoms with E-state index in [2.05, 4.69) is 15.5 Å². The molecule has 2 aromatic rings. The van der Waals surface area contributed by atoms with Crippen molar-refractivity contribution in [1.82, 2.24) is 10.1 Å². The Labute approximate surface area is 90.3 Å². The van der Waals surface area contributed by atoms with Crippen LogP contribution in [0.25, 0.3) is 0 Å². The number of anilines is 1. The van der Waals surface area contributed by atoms with Gasteiger partial charge in [-0.15, -0.1) is 0 Å². The molecule has 0 aliphatic carbocycles. The Kier molecular flexibility index (Phi) is 2.55. The molecule has 6 heteroatoms. The van der Waals surface area contributed by atoms with Crippen LogP contribution >= 0.6 is 0 Å². The average molecular weight is 219 g/mol. The molecule has 0 atom stereocenters. The number of H-pyrrole nitrogens is 1. The number of hydrogen-bond donors (Lipinski definition) is 2. The molecule has 0 unspecified atom stereocenters. The van der Waals surface area contributed by atoms with Gasteiger partial charge in [0.25, 0.3) is 5.91 Å². The Morgan fingerprint density at radius 2 is 2.31 bits per heavy atom. The summed E-state index contributed by atoms with van der Waals surface area (Å²) in [5, 5.41) is 6.14. The number of carbonyl (C=O) groups is 1. The summed E-state index contributed by atoms with van der Waals surface area (Å²) in [6, 6.07) is 4.31. The Balaban J connectivity index is 2.14. The standard InChI is InChI=1S/C10H9N3O3/c1-6-4-9(16-13-6)12-10(15)7-2-3-8(14)11-5-7/h2-5H,1H3,(H,11,14)(H,12,15). The van der Waals surface area contributed by atoms with Gasteiger partial charge < -0.3 is 9.51 Å². The molecule has 1 amide bonds. The van der Waals surface area contributed by atoms with Crippen LogP contribution in [0.1, 0.15) is 16.1 Å². The molecule has 0 bridgehead atoms. The number of aromatic nitrogens is 2. The van der Waals surface area contributed by atoms with Gasteiger partial charge in [-0.3, -0.25) is 14.9 Å². The topological polar surface area (TPSA) is 88.0 Å². The second-order valence-corrected chi connectivity index (χ2v) is 3.23. The molecule has 0 saturated heterocycles. The summed E-state index contributed by atoms with van der Waals surface area (Å²) >= 11 is 0. The van der Waals surface area contributed by atoms with Crippen LogP contribution in [-0.2, 0) is 0 Å². The Morgan fingerprint density at radius 3 is 2.88 bits per heavy atom. The number of nitrogens with zero attached hydrogens (tertiary/aromatic N) is 1. The number of rotatable bonds is 2. The van der Waals surface area contributed by atoms with Gasteiger partial charge in [-0.25, -0.2) is 0 Å². The lowest BCUT2D eigenvalue weighted by molar-refractivity contribution is 0.102. The molecule has 0 saturated carbocycles. The fraction of sp³-hybridized carbons (Fsp3) is 0.100. The first-order valence-electron chi connectivity index (χ1n) is 4.58. The highest BCUT2D eigenvalue weighted by Gasteiger charge is 2.08. The highest BCUT2D eigenvalue weighted by molar-refractivity contribution is 6.03. The van der Waals surface area contributed by atoms with E-state index in [4.69, 9.17) is 4.52 Å². The number of nitrogens with one attached hydrogen (secondary N) is 2. The van der Waals surface area contributed by atoms with Gasteiger partial charge in [-0.2, -0.15) is 0 Å². The maximum Gasteiger partial charge on any atom is 0.259 e.